The van der Waals surface area contributed by atoms with Crippen molar-refractivity contribution in [2.75, 3.05) is 36.4 Å². The van der Waals surface area contributed by atoms with Gasteiger partial charge in [-0.1, -0.05) is 35.5 Å². The number of amides is 1. The van der Waals surface area contributed by atoms with Crippen LogP contribution in [0, 0.1) is 20.8 Å². The first-order valence-corrected chi connectivity index (χ1v) is 12.9. The van der Waals surface area contributed by atoms with E-state index in [9.17, 15) is 13.2 Å². The molecule has 9 heteroatoms. The van der Waals surface area contributed by atoms with Crippen LogP contribution in [0.2, 0.25) is 0 Å². The van der Waals surface area contributed by atoms with Crippen molar-refractivity contribution in [3.05, 3.63) is 70.6 Å². The first-order chi connectivity index (χ1) is 16.6. The number of anilines is 2. The second-order valence-electron chi connectivity index (χ2n) is 8.77. The molecule has 0 spiro atoms. The summed E-state index contributed by atoms with van der Waals surface area (Å²) in [4.78, 5) is 13.9. The number of aromatic nitrogens is 1. The zero-order valence-electron chi connectivity index (χ0n) is 20.4. The van der Waals surface area contributed by atoms with Crippen LogP contribution in [0.4, 0.5) is 11.4 Å². The van der Waals surface area contributed by atoms with Crippen LogP contribution >= 0.6 is 0 Å². The van der Waals surface area contributed by atoms with Crippen LogP contribution in [-0.4, -0.2) is 50.0 Å². The molecule has 0 atom stereocenters. The molecule has 1 fully saturated rings. The largest absolute Gasteiger partial charge is 0.369 e. The molecule has 1 N–H and O–H groups in total. The van der Waals surface area contributed by atoms with Gasteiger partial charge >= 0.3 is 0 Å². The van der Waals surface area contributed by atoms with Gasteiger partial charge in [0, 0.05) is 38.8 Å². The number of hydrogen-bond acceptors (Lipinski definition) is 6. The molecule has 8 nitrogen and oxygen atoms in total. The Hall–Kier alpha value is -3.43. The minimum absolute atomic E-state index is 0.213. The predicted octanol–water partition coefficient (Wildman–Crippen LogP) is 4.24. The standard InChI is InChI=1S/C26H30N4O4S/c1-18-5-6-19(2)24(17-18)29-13-15-30(16-14-29)35(32,33)23-10-7-22(8-11-23)9-12-25-26(27-21(4)31)20(3)28-34-25/h5-12,17H,13-16H2,1-4H3,(H,27,31)/b12-9-. The van der Waals surface area contributed by atoms with Crippen molar-refractivity contribution in [1.82, 2.24) is 9.46 Å². The van der Waals surface area contributed by atoms with E-state index in [4.69, 9.17) is 4.52 Å². The Labute approximate surface area is 206 Å². The maximum absolute atomic E-state index is 13.2. The third kappa shape index (κ3) is 5.47. The maximum Gasteiger partial charge on any atom is 0.243 e. The summed E-state index contributed by atoms with van der Waals surface area (Å²) in [5.41, 5.74) is 5.46. The van der Waals surface area contributed by atoms with Gasteiger partial charge in [-0.25, -0.2) is 8.42 Å². The quantitative estimate of drug-likeness (QED) is 0.551. The lowest BCUT2D eigenvalue weighted by Crippen LogP contribution is -2.48. The predicted molar refractivity (Wildman–Crippen MR) is 138 cm³/mol. The van der Waals surface area contributed by atoms with Gasteiger partial charge < -0.3 is 14.7 Å². The number of rotatable bonds is 6. The van der Waals surface area contributed by atoms with Crippen molar-refractivity contribution in [2.45, 2.75) is 32.6 Å². The fraction of sp³-hybridized carbons (Fsp3) is 0.308. The Morgan fingerprint density at radius 1 is 1.00 bits per heavy atom. The summed E-state index contributed by atoms with van der Waals surface area (Å²) in [6.07, 6.45) is 3.48. The fourth-order valence-corrected chi connectivity index (χ4v) is 5.55. The van der Waals surface area contributed by atoms with E-state index in [-0.39, 0.29) is 10.8 Å². The van der Waals surface area contributed by atoms with E-state index in [1.807, 2.05) is 0 Å². The molecule has 1 amide bonds. The highest BCUT2D eigenvalue weighted by atomic mass is 32.2. The van der Waals surface area contributed by atoms with Crippen molar-refractivity contribution in [2.24, 2.45) is 0 Å². The number of aryl methyl sites for hydroxylation is 3. The SMILES string of the molecule is CC(=O)Nc1c(C)noc1/C=C\c1ccc(S(=O)(=O)N2CCN(c3cc(C)ccc3C)CC2)cc1. The third-order valence-corrected chi connectivity index (χ3v) is 7.99. The molecule has 0 saturated carbocycles. The lowest BCUT2D eigenvalue weighted by molar-refractivity contribution is -0.114. The van der Waals surface area contributed by atoms with Gasteiger partial charge in [0.15, 0.2) is 5.76 Å². The summed E-state index contributed by atoms with van der Waals surface area (Å²) < 4.78 is 33.3. The highest BCUT2D eigenvalue weighted by Gasteiger charge is 2.29. The lowest BCUT2D eigenvalue weighted by atomic mass is 10.1. The van der Waals surface area contributed by atoms with Crippen molar-refractivity contribution < 1.29 is 17.7 Å². The molecular weight excluding hydrogens is 464 g/mol. The molecule has 184 valence electrons. The number of benzene rings is 2. The highest BCUT2D eigenvalue weighted by Crippen LogP contribution is 2.26. The molecule has 0 radical (unpaired) electrons. The Balaban J connectivity index is 1.43. The van der Waals surface area contributed by atoms with Crippen molar-refractivity contribution in [3.63, 3.8) is 0 Å². The van der Waals surface area contributed by atoms with E-state index in [0.717, 1.165) is 5.56 Å². The van der Waals surface area contributed by atoms with Crippen molar-refractivity contribution in [3.8, 4) is 0 Å². The summed E-state index contributed by atoms with van der Waals surface area (Å²) in [6, 6.07) is 13.1. The molecule has 0 aliphatic carbocycles. The van der Waals surface area contributed by atoms with Gasteiger partial charge in [0.05, 0.1) is 4.90 Å². The number of sulfonamides is 1. The first-order valence-electron chi connectivity index (χ1n) is 11.5. The number of carbonyl (C=O) groups excluding carboxylic acids is 1. The zero-order valence-corrected chi connectivity index (χ0v) is 21.2. The molecule has 35 heavy (non-hydrogen) atoms. The van der Waals surface area contributed by atoms with Crippen LogP contribution in [0.15, 0.2) is 51.9 Å². The first kappa shape index (κ1) is 24.7. The van der Waals surface area contributed by atoms with Gasteiger partial charge in [-0.15, -0.1) is 0 Å². The van der Waals surface area contributed by atoms with Crippen LogP contribution in [0.1, 0.15) is 35.1 Å². The van der Waals surface area contributed by atoms with Gasteiger partial charge in [0.1, 0.15) is 11.4 Å². The summed E-state index contributed by atoms with van der Waals surface area (Å²) in [6.45, 7) is 9.49. The Kier molecular flexibility index (Phi) is 7.09. The van der Waals surface area contributed by atoms with Gasteiger partial charge in [0.25, 0.3) is 0 Å². The van der Waals surface area contributed by atoms with Gasteiger partial charge in [-0.3, -0.25) is 4.79 Å². The highest BCUT2D eigenvalue weighted by molar-refractivity contribution is 7.89. The van der Waals surface area contributed by atoms with E-state index < -0.39 is 10.0 Å². The number of nitrogens with zero attached hydrogens (tertiary/aromatic N) is 3. The molecular formula is C26H30N4O4S. The molecule has 2 heterocycles. The molecule has 2 aromatic carbocycles. The number of piperazine rings is 1. The summed E-state index contributed by atoms with van der Waals surface area (Å²) in [7, 11) is -3.58. The van der Waals surface area contributed by atoms with E-state index in [1.165, 1.54) is 23.7 Å². The monoisotopic (exact) mass is 494 g/mol. The molecule has 3 aromatic rings. The maximum atomic E-state index is 13.2. The second kappa shape index (κ2) is 10.1. The third-order valence-electron chi connectivity index (χ3n) is 6.08. The Morgan fingerprint density at radius 3 is 2.34 bits per heavy atom. The van der Waals surface area contributed by atoms with Crippen molar-refractivity contribution >= 4 is 39.5 Å². The Morgan fingerprint density at radius 2 is 1.69 bits per heavy atom. The molecule has 0 bridgehead atoms. The van der Waals surface area contributed by atoms with Crippen LogP contribution in [-0.2, 0) is 14.8 Å². The summed E-state index contributed by atoms with van der Waals surface area (Å²) >= 11 is 0. The van der Waals surface area contributed by atoms with Crippen LogP contribution in [0.5, 0.6) is 0 Å². The van der Waals surface area contributed by atoms with Gasteiger partial charge in [0.2, 0.25) is 15.9 Å². The fourth-order valence-electron chi connectivity index (χ4n) is 4.13. The van der Waals surface area contributed by atoms with Crippen LogP contribution < -0.4 is 10.2 Å². The van der Waals surface area contributed by atoms with E-state index >= 15 is 0 Å². The van der Waals surface area contributed by atoms with Crippen LogP contribution in [0.25, 0.3) is 12.2 Å². The van der Waals surface area contributed by atoms with E-state index in [2.05, 4.69) is 47.4 Å². The second-order valence-corrected chi connectivity index (χ2v) is 10.7. The average molecular weight is 495 g/mol. The molecule has 4 rings (SSSR count). The molecule has 1 aliphatic heterocycles. The average Bonchev–Trinajstić information content (AvgIpc) is 3.18. The zero-order chi connectivity index (χ0) is 25.2. The molecule has 0 unspecified atom stereocenters. The number of hydrogen-bond donors (Lipinski definition) is 1. The molecule has 1 aromatic heterocycles. The van der Waals surface area contributed by atoms with E-state index in [1.54, 1.807) is 47.6 Å². The summed E-state index contributed by atoms with van der Waals surface area (Å²) in [5.74, 6) is 0.214. The minimum Gasteiger partial charge on any atom is -0.369 e. The Bertz CT molecular complexity index is 1350. The minimum atomic E-state index is -3.58. The van der Waals surface area contributed by atoms with Gasteiger partial charge in [-0.05, 0) is 61.7 Å². The van der Waals surface area contributed by atoms with Gasteiger partial charge in [-0.2, -0.15) is 4.31 Å². The van der Waals surface area contributed by atoms with Crippen LogP contribution in [0.3, 0.4) is 0 Å². The number of carbonyl (C=O) groups is 1. The normalized spacial score (nSPS) is 15.0. The smallest absolute Gasteiger partial charge is 0.243 e. The van der Waals surface area contributed by atoms with Crippen molar-refractivity contribution in [1.29, 1.82) is 0 Å². The summed E-state index contributed by atoms with van der Waals surface area (Å²) in [5, 5.41) is 6.59. The molecule has 1 saturated heterocycles. The topological polar surface area (TPSA) is 95.8 Å². The van der Waals surface area contributed by atoms with E-state index in [0.29, 0.717) is 43.3 Å². The lowest BCUT2D eigenvalue weighted by Gasteiger charge is -2.36. The molecule has 1 aliphatic rings. The number of nitrogens with one attached hydrogen (secondary N) is 1.